The molecule has 2 aliphatic carbocycles. The van der Waals surface area contributed by atoms with Gasteiger partial charge in [0.05, 0.1) is 51.0 Å². The Labute approximate surface area is 295 Å². The van der Waals surface area contributed by atoms with E-state index >= 15 is 0 Å². The summed E-state index contributed by atoms with van der Waals surface area (Å²) in [6.07, 6.45) is 0. The molecule has 0 saturated carbocycles. The number of halogens is 12. The van der Waals surface area contributed by atoms with Gasteiger partial charge in [0.15, 0.2) is 0 Å². The highest BCUT2D eigenvalue weighted by atomic mass is 79.9. The summed E-state index contributed by atoms with van der Waals surface area (Å²) in [5.74, 6) is 0. The molecule has 202 valence electrons. The lowest BCUT2D eigenvalue weighted by atomic mass is 9.90. The third-order valence-corrected chi connectivity index (χ3v) is 16.7. The van der Waals surface area contributed by atoms with Gasteiger partial charge < -0.3 is 0 Å². The van der Waals surface area contributed by atoms with Crippen molar-refractivity contribution in [3.63, 3.8) is 0 Å². The van der Waals surface area contributed by atoms with Gasteiger partial charge in [-0.05, 0) is 23.3 Å². The van der Waals surface area contributed by atoms with Crippen molar-refractivity contribution >= 4 is 169 Å². The van der Waals surface area contributed by atoms with Gasteiger partial charge in [-0.1, -0.05) is 183 Å². The lowest BCUT2D eigenvalue weighted by molar-refractivity contribution is 0.749. The molecule has 0 N–H and O–H groups in total. The van der Waals surface area contributed by atoms with Gasteiger partial charge in [-0.2, -0.15) is 0 Å². The van der Waals surface area contributed by atoms with E-state index in [1.54, 1.807) is 0 Å². The predicted molar refractivity (Wildman–Crippen MR) is 181 cm³/mol. The topological polar surface area (TPSA) is 0 Å². The summed E-state index contributed by atoms with van der Waals surface area (Å²) in [4.78, 5) is 0. The highest BCUT2D eigenvalue weighted by Crippen LogP contribution is 2.69. The van der Waals surface area contributed by atoms with Gasteiger partial charge in [0.1, 0.15) is 9.49 Å². The van der Waals surface area contributed by atoms with Crippen molar-refractivity contribution in [2.45, 2.75) is 20.2 Å². The molecule has 4 atom stereocenters. The first-order chi connectivity index (χ1) is 17.8. The van der Waals surface area contributed by atoms with Crippen molar-refractivity contribution in [1.29, 1.82) is 0 Å². The van der Waals surface area contributed by atoms with Crippen LogP contribution in [0.25, 0.3) is 0 Å². The Hall–Kier alpha value is 1.96. The van der Waals surface area contributed by atoms with Crippen molar-refractivity contribution in [3.8, 4) is 0 Å². The minimum atomic E-state index is -1.26. The smallest absolute Gasteiger partial charge is 0.111 e. The molecule has 0 saturated heterocycles. The Morgan fingerprint density at radius 3 is 1.16 bits per heavy atom. The zero-order valence-electron chi connectivity index (χ0n) is 18.1. The van der Waals surface area contributed by atoms with Crippen LogP contribution in [0.15, 0.2) is 97.7 Å². The molecule has 4 rings (SSSR count). The van der Waals surface area contributed by atoms with E-state index in [0.717, 1.165) is 0 Å². The maximum atomic E-state index is 7.07. The van der Waals surface area contributed by atoms with E-state index in [2.05, 4.69) is 31.9 Å². The molecule has 0 amide bonds. The maximum Gasteiger partial charge on any atom is 0.111 e. The fourth-order valence-electron chi connectivity index (χ4n) is 3.94. The number of hydrogen-bond acceptors (Lipinski definition) is 2. The van der Waals surface area contributed by atoms with Gasteiger partial charge in [0, 0.05) is 8.95 Å². The molecule has 2 aromatic carbocycles. The minimum Gasteiger partial charge on any atom is -0.114 e. The van der Waals surface area contributed by atoms with Crippen LogP contribution in [0.1, 0.15) is 11.1 Å². The normalized spacial score (nSPS) is 28.5. The lowest BCUT2D eigenvalue weighted by Crippen LogP contribution is -2.40. The highest BCUT2D eigenvalue weighted by molar-refractivity contribution is 9.10. The van der Waals surface area contributed by atoms with Crippen LogP contribution >= 0.6 is 169 Å². The highest BCUT2D eigenvalue weighted by Gasteiger charge is 2.56. The van der Waals surface area contributed by atoms with Gasteiger partial charge in [0.2, 0.25) is 0 Å². The van der Waals surface area contributed by atoms with E-state index in [9.17, 15) is 0 Å². The van der Waals surface area contributed by atoms with Crippen LogP contribution in [-0.2, 0) is 9.49 Å². The largest absolute Gasteiger partial charge is 0.114 e. The average molecular weight is 877 g/mol. The van der Waals surface area contributed by atoms with Gasteiger partial charge in [0.25, 0.3) is 0 Å². The van der Waals surface area contributed by atoms with Gasteiger partial charge >= 0.3 is 0 Å². The second-order valence-electron chi connectivity index (χ2n) is 7.90. The number of benzene rings is 2. The summed E-state index contributed by atoms with van der Waals surface area (Å²) < 4.78 is -1.09. The Kier molecular flexibility index (Phi) is 11.2. The summed E-state index contributed by atoms with van der Waals surface area (Å²) in [6.45, 7) is 0. The monoisotopic (exact) mass is 870 g/mol. The van der Waals surface area contributed by atoms with Gasteiger partial charge in [-0.3, -0.25) is 0 Å². The fourth-order valence-corrected chi connectivity index (χ4v) is 13.8. The number of alkyl halides is 2. The molecule has 0 aromatic heterocycles. The maximum absolute atomic E-state index is 7.07. The van der Waals surface area contributed by atoms with E-state index in [1.165, 1.54) is 21.6 Å². The lowest BCUT2D eigenvalue weighted by Gasteiger charge is -2.45. The van der Waals surface area contributed by atoms with Crippen molar-refractivity contribution < 1.29 is 0 Å². The fraction of sp³-hybridized carbons (Fsp3) is 0.167. The quantitative estimate of drug-likeness (QED) is 0.217. The third-order valence-electron chi connectivity index (χ3n) is 5.85. The first-order valence-corrected chi connectivity index (χ1v) is 17.8. The van der Waals surface area contributed by atoms with Crippen LogP contribution in [-0.4, -0.2) is 10.8 Å². The summed E-state index contributed by atoms with van der Waals surface area (Å²) in [7, 11) is 2.51. The Bertz CT molecular complexity index is 1330. The summed E-state index contributed by atoms with van der Waals surface area (Å²) in [5, 5.41) is -0.991. The van der Waals surface area contributed by atoms with E-state index in [4.69, 9.17) is 116 Å². The Balaban J connectivity index is 2.00. The number of hydrogen-bond donors (Lipinski definition) is 0. The molecular formula is C24H10Br2Cl10S2. The van der Waals surface area contributed by atoms with Crippen LogP contribution in [0.3, 0.4) is 0 Å². The molecule has 14 heteroatoms. The van der Waals surface area contributed by atoms with Crippen molar-refractivity contribution in [1.82, 2.24) is 0 Å². The molecule has 38 heavy (non-hydrogen) atoms. The standard InChI is InChI=1S/C24H10Br2Cl10S2/c25-11-7-3-1-5-9(11)23(19(33)15(29)13(27)16(30)20(23)34)37-38-24(10-6-2-4-8-12(10)26)21(35)17(31)14(28)18(32)22(24)36/h1-8,19,21H. The molecular weight excluding hydrogens is 867 g/mol. The SMILES string of the molecule is ClC1=C(Cl)C(Cl)C(SSC2(c3ccccc3Br)C(Cl)=C(Cl)C(Cl)=C(Cl)C2Cl)(c2ccccc2Br)C(Cl)=C1Cl. The van der Waals surface area contributed by atoms with Gasteiger partial charge in [-0.15, -0.1) is 23.2 Å². The Morgan fingerprint density at radius 2 is 0.842 bits per heavy atom. The van der Waals surface area contributed by atoms with E-state index in [1.807, 2.05) is 48.5 Å². The summed E-state index contributed by atoms with van der Waals surface area (Å²) >= 11 is 74.8. The average Bonchev–Trinajstić information content (AvgIpc) is 2.91. The van der Waals surface area contributed by atoms with Crippen molar-refractivity contribution in [3.05, 3.63) is 109 Å². The van der Waals surface area contributed by atoms with Crippen LogP contribution in [0.5, 0.6) is 0 Å². The Morgan fingerprint density at radius 1 is 0.526 bits per heavy atom. The molecule has 0 bridgehead atoms. The molecule has 2 aliphatic rings. The van der Waals surface area contributed by atoms with Crippen LogP contribution in [0.2, 0.25) is 0 Å². The van der Waals surface area contributed by atoms with Crippen molar-refractivity contribution in [2.24, 2.45) is 0 Å². The molecule has 2 aromatic rings. The van der Waals surface area contributed by atoms with Crippen LogP contribution < -0.4 is 0 Å². The second kappa shape index (κ2) is 12.9. The molecule has 0 heterocycles. The zero-order valence-corrected chi connectivity index (χ0v) is 30.5. The minimum absolute atomic E-state index is 0.0683. The van der Waals surface area contributed by atoms with E-state index in [0.29, 0.717) is 20.1 Å². The number of allylic oxidation sites excluding steroid dienone is 6. The first-order valence-electron chi connectivity index (χ1n) is 10.2. The van der Waals surface area contributed by atoms with E-state index < -0.39 is 20.2 Å². The summed E-state index contributed by atoms with van der Waals surface area (Å²) in [5.41, 5.74) is 1.39. The zero-order chi connectivity index (χ0) is 28.2. The van der Waals surface area contributed by atoms with Crippen molar-refractivity contribution in [2.75, 3.05) is 0 Å². The van der Waals surface area contributed by atoms with Crippen LogP contribution in [0.4, 0.5) is 0 Å². The molecule has 0 nitrogen and oxygen atoms in total. The molecule has 0 fully saturated rings. The molecule has 0 aliphatic heterocycles. The van der Waals surface area contributed by atoms with E-state index in [-0.39, 0.29) is 40.3 Å². The predicted octanol–water partition coefficient (Wildman–Crippen LogP) is 13.7. The second-order valence-corrected chi connectivity index (χ2v) is 16.2. The van der Waals surface area contributed by atoms with Crippen LogP contribution in [0, 0.1) is 0 Å². The van der Waals surface area contributed by atoms with Gasteiger partial charge in [-0.25, -0.2) is 0 Å². The molecule has 4 unspecified atom stereocenters. The third kappa shape index (κ3) is 5.30. The molecule has 0 spiro atoms. The summed E-state index contributed by atoms with van der Waals surface area (Å²) in [6, 6.07) is 14.9. The molecule has 0 radical (unpaired) electrons. The number of rotatable bonds is 5. The first kappa shape index (κ1) is 32.9.